The Bertz CT molecular complexity index is 686. The summed E-state index contributed by atoms with van der Waals surface area (Å²) < 4.78 is 5.94. The van der Waals surface area contributed by atoms with E-state index in [1.54, 1.807) is 6.92 Å². The predicted molar refractivity (Wildman–Crippen MR) is 96.7 cm³/mol. The molecule has 0 aromatic carbocycles. The molecule has 1 aliphatic heterocycles. The summed E-state index contributed by atoms with van der Waals surface area (Å²) in [5.74, 6) is 0.0293. The molecule has 0 bridgehead atoms. The highest BCUT2D eigenvalue weighted by atomic mass is 32.2. The summed E-state index contributed by atoms with van der Waals surface area (Å²) in [5, 5.41) is 17.9. The number of hydrogen-bond acceptors (Lipinski definition) is 8. The van der Waals surface area contributed by atoms with Crippen LogP contribution in [0.2, 0.25) is 0 Å². The molecule has 25 heavy (non-hydrogen) atoms. The lowest BCUT2D eigenvalue weighted by molar-refractivity contribution is -0.139. The fraction of sp³-hybridized carbons (Fsp3) is 0.600. The Labute approximate surface area is 154 Å². The molecule has 1 aromatic heterocycles. The number of rotatable bonds is 8. The van der Waals surface area contributed by atoms with E-state index in [2.05, 4.69) is 26.1 Å². The summed E-state index contributed by atoms with van der Waals surface area (Å²) in [6.45, 7) is 3.97. The zero-order chi connectivity index (χ0) is 17.8. The third-order valence-electron chi connectivity index (χ3n) is 3.80. The molecular formula is C15H21N5O3S2. The second-order valence-corrected chi connectivity index (χ2v) is 7.95. The first-order valence-electron chi connectivity index (χ1n) is 8.31. The van der Waals surface area contributed by atoms with E-state index in [1.165, 1.54) is 35.9 Å². The molecule has 2 amide bonds. The smallest absolute Gasteiger partial charge is 0.337 e. The molecule has 0 saturated heterocycles. The van der Waals surface area contributed by atoms with Crippen molar-refractivity contribution in [1.29, 1.82) is 0 Å². The van der Waals surface area contributed by atoms with Crippen molar-refractivity contribution in [3.63, 3.8) is 0 Å². The van der Waals surface area contributed by atoms with Gasteiger partial charge >= 0.3 is 12.0 Å². The van der Waals surface area contributed by atoms with Crippen molar-refractivity contribution in [2.24, 2.45) is 0 Å². The van der Waals surface area contributed by atoms with E-state index in [4.69, 9.17) is 4.74 Å². The van der Waals surface area contributed by atoms with E-state index < -0.39 is 5.97 Å². The van der Waals surface area contributed by atoms with Crippen LogP contribution in [0.5, 0.6) is 0 Å². The zero-order valence-corrected chi connectivity index (χ0v) is 15.8. The second-order valence-electron chi connectivity index (χ2n) is 5.75. The van der Waals surface area contributed by atoms with Crippen LogP contribution in [0.3, 0.4) is 0 Å². The lowest BCUT2D eigenvalue weighted by atomic mass is 10.0. The number of anilines is 1. The monoisotopic (exact) mass is 383 g/mol. The van der Waals surface area contributed by atoms with Gasteiger partial charge in [-0.1, -0.05) is 30.0 Å². The fourth-order valence-electron chi connectivity index (χ4n) is 2.44. The van der Waals surface area contributed by atoms with Crippen LogP contribution in [0.25, 0.3) is 0 Å². The Balaban J connectivity index is 1.72. The normalized spacial score (nSPS) is 20.1. The maximum absolute atomic E-state index is 12.3. The largest absolute Gasteiger partial charge is 0.463 e. The molecule has 8 nitrogen and oxygen atoms in total. The Morgan fingerprint density at radius 3 is 2.88 bits per heavy atom. The fourth-order valence-corrected chi connectivity index (χ4v) is 4.24. The van der Waals surface area contributed by atoms with Gasteiger partial charge in [-0.3, -0.25) is 0 Å². The van der Waals surface area contributed by atoms with Crippen molar-refractivity contribution in [3.8, 4) is 0 Å². The minimum absolute atomic E-state index is 0.291. The number of thioether (sulfide) groups is 1. The van der Waals surface area contributed by atoms with Crippen LogP contribution in [0.1, 0.15) is 33.1 Å². The van der Waals surface area contributed by atoms with Crippen molar-refractivity contribution in [3.05, 3.63) is 11.3 Å². The van der Waals surface area contributed by atoms with Crippen LogP contribution in [-0.4, -0.2) is 46.6 Å². The van der Waals surface area contributed by atoms with Gasteiger partial charge in [0.1, 0.15) is 0 Å². The highest BCUT2D eigenvalue weighted by Crippen LogP contribution is 2.31. The quantitative estimate of drug-likeness (QED) is 0.466. The Hall–Kier alpha value is -1.81. The average molecular weight is 383 g/mol. The van der Waals surface area contributed by atoms with E-state index >= 15 is 0 Å². The summed E-state index contributed by atoms with van der Waals surface area (Å²) in [5.41, 5.74) is 1.06. The molecule has 1 fully saturated rings. The van der Waals surface area contributed by atoms with E-state index in [0.29, 0.717) is 36.1 Å². The minimum Gasteiger partial charge on any atom is -0.463 e. The van der Waals surface area contributed by atoms with Gasteiger partial charge in [0.15, 0.2) is 4.34 Å². The number of aromatic nitrogens is 2. The van der Waals surface area contributed by atoms with Crippen LogP contribution in [0.4, 0.5) is 9.93 Å². The zero-order valence-electron chi connectivity index (χ0n) is 14.1. The Kier molecular flexibility index (Phi) is 5.79. The van der Waals surface area contributed by atoms with E-state index in [0.717, 1.165) is 9.47 Å². The number of hydrogen-bond donors (Lipinski definition) is 3. The number of ether oxygens (including phenoxy) is 1. The third kappa shape index (κ3) is 4.63. The maximum atomic E-state index is 12.3. The van der Waals surface area contributed by atoms with Crippen LogP contribution in [-0.2, 0) is 9.53 Å². The van der Waals surface area contributed by atoms with E-state index in [-0.39, 0.29) is 12.1 Å². The van der Waals surface area contributed by atoms with Crippen molar-refractivity contribution in [2.45, 2.75) is 49.5 Å². The van der Waals surface area contributed by atoms with Crippen LogP contribution >= 0.6 is 23.1 Å². The third-order valence-corrected chi connectivity index (χ3v) is 5.81. The summed E-state index contributed by atoms with van der Waals surface area (Å²) in [6.07, 6.45) is 2.97. The molecule has 3 rings (SSSR count). The Morgan fingerprint density at radius 2 is 2.20 bits per heavy atom. The first kappa shape index (κ1) is 18.0. The number of amides is 2. The number of nitrogens with one attached hydrogen (secondary N) is 3. The number of carbonyl (C=O) groups is 2. The van der Waals surface area contributed by atoms with Gasteiger partial charge in [-0.15, -0.1) is 10.2 Å². The number of nitrogens with zero attached hydrogens (tertiary/aromatic N) is 2. The van der Waals surface area contributed by atoms with E-state index in [1.807, 2.05) is 6.92 Å². The van der Waals surface area contributed by atoms with E-state index in [9.17, 15) is 9.59 Å². The predicted octanol–water partition coefficient (Wildman–Crippen LogP) is 2.11. The van der Waals surface area contributed by atoms with Gasteiger partial charge < -0.3 is 20.7 Å². The van der Waals surface area contributed by atoms with Crippen molar-refractivity contribution < 1.29 is 14.3 Å². The molecule has 3 N–H and O–H groups in total. The van der Waals surface area contributed by atoms with Gasteiger partial charge in [-0.25, -0.2) is 9.59 Å². The summed E-state index contributed by atoms with van der Waals surface area (Å²) in [6, 6.07) is -0.119. The standard InChI is InChI=1S/C15H21N5O3S2/c1-3-9-11(12(21)23-4-2)10(18-13(22)17-9)7-24-15-20-19-14(25-15)16-8-5-6-8/h8-9H,3-7H2,1-2H3,(H,16,19)(H2,17,18,22)/t9-/m0/s1. The average Bonchev–Trinajstić information content (AvgIpc) is 3.29. The van der Waals surface area contributed by atoms with Gasteiger partial charge in [-0.05, 0) is 26.2 Å². The maximum Gasteiger partial charge on any atom is 0.337 e. The molecule has 136 valence electrons. The van der Waals surface area contributed by atoms with Crippen LogP contribution < -0.4 is 16.0 Å². The first-order valence-corrected chi connectivity index (χ1v) is 10.1. The molecule has 0 unspecified atom stereocenters. The van der Waals surface area contributed by atoms with Crippen LogP contribution in [0, 0.1) is 0 Å². The summed E-state index contributed by atoms with van der Waals surface area (Å²) >= 11 is 2.93. The molecule has 2 heterocycles. The highest BCUT2D eigenvalue weighted by molar-refractivity contribution is 8.01. The molecule has 1 saturated carbocycles. The molecule has 1 atom stereocenters. The molecule has 0 spiro atoms. The molecular weight excluding hydrogens is 362 g/mol. The first-order chi connectivity index (χ1) is 12.1. The topological polar surface area (TPSA) is 105 Å². The molecule has 10 heteroatoms. The lowest BCUT2D eigenvalue weighted by Gasteiger charge is -2.28. The molecule has 1 aliphatic carbocycles. The summed E-state index contributed by atoms with van der Waals surface area (Å²) in [4.78, 5) is 24.2. The highest BCUT2D eigenvalue weighted by Gasteiger charge is 2.31. The number of carbonyl (C=O) groups excluding carboxylic acids is 2. The number of esters is 1. The SMILES string of the molecule is CCOC(=O)C1=C(CSc2nnc(NC3CC3)s2)NC(=O)N[C@H]1CC. The molecule has 1 aromatic rings. The van der Waals surface area contributed by atoms with Gasteiger partial charge in [0.05, 0.1) is 18.2 Å². The van der Waals surface area contributed by atoms with Gasteiger partial charge in [0.25, 0.3) is 0 Å². The second kappa shape index (κ2) is 8.05. The van der Waals surface area contributed by atoms with Gasteiger partial charge in [0.2, 0.25) is 5.13 Å². The van der Waals surface area contributed by atoms with Crippen LogP contribution in [0.15, 0.2) is 15.6 Å². The minimum atomic E-state index is -0.397. The van der Waals surface area contributed by atoms with Gasteiger partial charge in [0, 0.05) is 17.5 Å². The van der Waals surface area contributed by atoms with Crippen molar-refractivity contribution >= 4 is 40.2 Å². The summed E-state index contributed by atoms with van der Waals surface area (Å²) in [7, 11) is 0. The Morgan fingerprint density at radius 1 is 1.40 bits per heavy atom. The molecule has 2 aliphatic rings. The molecule has 0 radical (unpaired) electrons. The lowest BCUT2D eigenvalue weighted by Crippen LogP contribution is -2.50. The van der Waals surface area contributed by atoms with Crippen molar-refractivity contribution in [1.82, 2.24) is 20.8 Å². The number of urea groups is 1. The van der Waals surface area contributed by atoms with Gasteiger partial charge in [-0.2, -0.15) is 0 Å². The van der Waals surface area contributed by atoms with Crippen molar-refractivity contribution in [2.75, 3.05) is 17.7 Å².